The molecule has 0 radical (unpaired) electrons. The number of β-amino-alcohol motifs (C(OH)–C–C–N with tert-alkyl or cyclic N) is 1. The lowest BCUT2D eigenvalue weighted by molar-refractivity contribution is -0.187. The van der Waals surface area contributed by atoms with Crippen molar-refractivity contribution in [2.75, 3.05) is 39.3 Å². The van der Waals surface area contributed by atoms with Crippen LogP contribution in [0.2, 0.25) is 0 Å². The maximum Gasteiger partial charge on any atom is 0.324 e. The van der Waals surface area contributed by atoms with Crippen LogP contribution < -0.4 is 0 Å². The van der Waals surface area contributed by atoms with E-state index in [4.69, 9.17) is 0 Å². The number of carbonyl (C=O) groups is 3. The van der Waals surface area contributed by atoms with E-state index < -0.39 is 46.4 Å². The summed E-state index contributed by atoms with van der Waals surface area (Å²) in [6.07, 6.45) is 4.60. The molecule has 0 bridgehead atoms. The number of Topliss-reactive ketones (excluding diaryl/α,β-unsaturated/α-hetero) is 1. The van der Waals surface area contributed by atoms with Crippen molar-refractivity contribution in [1.82, 2.24) is 9.80 Å². The molecule has 1 heterocycles. The number of aliphatic hydroxyl groups is 4. The van der Waals surface area contributed by atoms with Crippen molar-refractivity contribution in [1.29, 1.82) is 0 Å². The molecule has 1 aliphatic heterocycles. The molecule has 39 heavy (non-hydrogen) atoms. The lowest BCUT2D eigenvalue weighted by Crippen LogP contribution is -2.65. The van der Waals surface area contributed by atoms with Crippen LogP contribution in [0.1, 0.15) is 46.0 Å². The predicted octanol–water partition coefficient (Wildman–Crippen LogP) is -0.0107. The van der Waals surface area contributed by atoms with E-state index in [1.807, 2.05) is 17.9 Å². The number of ketones is 2. The number of rotatable bonds is 7. The van der Waals surface area contributed by atoms with Crippen LogP contribution in [0.4, 0.5) is 0 Å². The monoisotopic (exact) mass is 546 g/mol. The molecule has 0 aromatic rings. The Kier molecular flexibility index (Phi) is 7.44. The number of carbonyl (C=O) groups excluding carboxylic acids is 2. The van der Waals surface area contributed by atoms with Crippen molar-refractivity contribution in [3.8, 4) is 0 Å². The summed E-state index contributed by atoms with van der Waals surface area (Å²) in [4.78, 5) is 41.8. The molecule has 0 amide bonds. The van der Waals surface area contributed by atoms with E-state index in [0.717, 1.165) is 12.0 Å². The van der Waals surface area contributed by atoms with E-state index in [1.165, 1.54) is 0 Å². The summed E-state index contributed by atoms with van der Waals surface area (Å²) >= 11 is 0. The molecule has 4 fully saturated rings. The maximum atomic E-state index is 13.9. The fourth-order valence-electron chi connectivity index (χ4n) is 9.02. The molecule has 1 saturated heterocycles. The summed E-state index contributed by atoms with van der Waals surface area (Å²) in [7, 11) is 0. The van der Waals surface area contributed by atoms with Crippen LogP contribution in [0.15, 0.2) is 23.8 Å². The van der Waals surface area contributed by atoms with Gasteiger partial charge in [-0.15, -0.1) is 0 Å². The highest BCUT2D eigenvalue weighted by atomic mass is 16.4. The van der Waals surface area contributed by atoms with Gasteiger partial charge in [0.15, 0.2) is 11.6 Å². The Labute approximate surface area is 229 Å². The van der Waals surface area contributed by atoms with Gasteiger partial charge in [0.2, 0.25) is 0 Å². The Balaban J connectivity index is 1.39. The third-order valence-electron chi connectivity index (χ3n) is 11.1. The number of carboxylic acids is 1. The molecule has 10 nitrogen and oxygen atoms in total. The average molecular weight is 547 g/mol. The van der Waals surface area contributed by atoms with Crippen LogP contribution in [0.25, 0.3) is 0 Å². The summed E-state index contributed by atoms with van der Waals surface area (Å²) in [6, 6.07) is -1.49. The first-order valence-corrected chi connectivity index (χ1v) is 14.2. The van der Waals surface area contributed by atoms with Crippen molar-refractivity contribution in [3.63, 3.8) is 0 Å². The summed E-state index contributed by atoms with van der Waals surface area (Å²) in [5.41, 5.74) is -2.46. The molecule has 9 atom stereocenters. The maximum absolute atomic E-state index is 13.9. The highest BCUT2D eigenvalue weighted by molar-refractivity contribution is 6.01. The first-order valence-electron chi connectivity index (χ1n) is 14.2. The Morgan fingerprint density at radius 3 is 2.49 bits per heavy atom. The number of carboxylic acid groups (broad SMARTS) is 1. The SMILES string of the molecule is C[C@]12C=CC(=O)C=C1CC[C@@H]1[C@@H]2[C@@H](O)C[C@@]2(C)[C@H]1CC[C@]2(O)C(=O)C(O)C(C(=O)O)N1CCN(CCO)CC1. The minimum Gasteiger partial charge on any atom is -0.480 e. The van der Waals surface area contributed by atoms with Crippen LogP contribution in [0.3, 0.4) is 0 Å². The van der Waals surface area contributed by atoms with Gasteiger partial charge in [-0.25, -0.2) is 0 Å². The minimum atomic E-state index is -1.97. The molecule has 3 saturated carbocycles. The number of fused-ring (bicyclic) bond motifs is 5. The second kappa shape index (κ2) is 10.2. The molecule has 0 aromatic carbocycles. The molecule has 2 unspecified atom stereocenters. The van der Waals surface area contributed by atoms with Crippen molar-refractivity contribution in [3.05, 3.63) is 23.8 Å². The normalized spacial score (nSPS) is 42.2. The topological polar surface area (TPSA) is 159 Å². The van der Waals surface area contributed by atoms with Gasteiger partial charge in [-0.05, 0) is 56.1 Å². The zero-order chi connectivity index (χ0) is 28.3. The van der Waals surface area contributed by atoms with Gasteiger partial charge >= 0.3 is 5.97 Å². The van der Waals surface area contributed by atoms with Gasteiger partial charge in [0.05, 0.1) is 12.7 Å². The molecular formula is C29H42N2O8. The van der Waals surface area contributed by atoms with Crippen LogP contribution in [-0.2, 0) is 14.4 Å². The number of hydrogen-bond acceptors (Lipinski definition) is 9. The minimum absolute atomic E-state index is 0.00484. The van der Waals surface area contributed by atoms with Crippen LogP contribution in [-0.4, -0.2) is 116 Å². The van der Waals surface area contributed by atoms with E-state index in [9.17, 15) is 39.9 Å². The zero-order valence-corrected chi connectivity index (χ0v) is 22.8. The number of allylic oxidation sites excluding steroid dienone is 4. The van der Waals surface area contributed by atoms with Crippen molar-refractivity contribution in [2.45, 2.75) is 69.8 Å². The highest BCUT2D eigenvalue weighted by Gasteiger charge is 2.69. The standard InChI is InChI=1S/C29H42N2O8/c1-27-7-5-18(33)15-17(27)3-4-19-20-6-8-29(39,28(20,2)16-21(34)22(19)27)25(36)24(35)23(26(37)38)31-11-9-30(10-12-31)13-14-32/h5,7,15,19-24,32,34-35,39H,3-4,6,8-14,16H2,1-2H3,(H,37,38)/t19-,20-,21-,22+,23?,24?,27-,28-,29-/m0/s1. The summed E-state index contributed by atoms with van der Waals surface area (Å²) < 4.78 is 0. The first-order chi connectivity index (χ1) is 18.4. The van der Waals surface area contributed by atoms with Crippen molar-refractivity contribution < 1.29 is 39.9 Å². The highest BCUT2D eigenvalue weighted by Crippen LogP contribution is 2.67. The summed E-state index contributed by atoms with van der Waals surface area (Å²) in [5.74, 6) is -2.50. The summed E-state index contributed by atoms with van der Waals surface area (Å²) in [5, 5.41) is 54.0. The summed E-state index contributed by atoms with van der Waals surface area (Å²) in [6.45, 7) is 5.96. The Hall–Kier alpha value is -1.95. The van der Waals surface area contributed by atoms with E-state index in [-0.39, 0.29) is 43.0 Å². The second-order valence-corrected chi connectivity index (χ2v) is 12.8. The molecular weight excluding hydrogens is 504 g/mol. The Bertz CT molecular complexity index is 1080. The molecule has 5 N–H and O–H groups in total. The Morgan fingerprint density at radius 1 is 1.15 bits per heavy atom. The van der Waals surface area contributed by atoms with Crippen molar-refractivity contribution >= 4 is 17.5 Å². The number of nitrogens with zero attached hydrogens (tertiary/aromatic N) is 2. The predicted molar refractivity (Wildman–Crippen MR) is 140 cm³/mol. The second-order valence-electron chi connectivity index (χ2n) is 12.8. The smallest absolute Gasteiger partial charge is 0.324 e. The number of hydrogen-bond donors (Lipinski definition) is 5. The van der Waals surface area contributed by atoms with E-state index >= 15 is 0 Å². The van der Waals surface area contributed by atoms with Gasteiger partial charge < -0.3 is 25.5 Å². The van der Waals surface area contributed by atoms with Gasteiger partial charge in [0, 0.05) is 49.5 Å². The fraction of sp³-hybridized carbons (Fsp3) is 0.759. The molecule has 4 aliphatic carbocycles. The van der Waals surface area contributed by atoms with E-state index in [1.54, 1.807) is 17.1 Å². The quantitative estimate of drug-likeness (QED) is 0.294. The van der Waals surface area contributed by atoms with Crippen LogP contribution in [0, 0.1) is 28.6 Å². The van der Waals surface area contributed by atoms with Gasteiger partial charge in [-0.2, -0.15) is 0 Å². The first kappa shape index (κ1) is 28.6. The molecule has 5 rings (SSSR count). The van der Waals surface area contributed by atoms with E-state index in [0.29, 0.717) is 45.6 Å². The van der Waals surface area contributed by atoms with Gasteiger partial charge in [-0.3, -0.25) is 24.2 Å². The zero-order valence-electron chi connectivity index (χ0n) is 22.8. The molecule has 0 aromatic heterocycles. The lowest BCUT2D eigenvalue weighted by atomic mass is 9.46. The number of aliphatic hydroxyl groups excluding tert-OH is 3. The van der Waals surface area contributed by atoms with Gasteiger partial charge in [-0.1, -0.05) is 25.5 Å². The van der Waals surface area contributed by atoms with Gasteiger partial charge in [0.25, 0.3) is 0 Å². The third-order valence-corrected chi connectivity index (χ3v) is 11.1. The lowest BCUT2D eigenvalue weighted by Gasteiger charge is -2.59. The fourth-order valence-corrected chi connectivity index (χ4v) is 9.02. The Morgan fingerprint density at radius 2 is 1.85 bits per heavy atom. The average Bonchev–Trinajstić information content (AvgIpc) is 3.15. The molecule has 216 valence electrons. The van der Waals surface area contributed by atoms with Crippen LogP contribution in [0.5, 0.6) is 0 Å². The van der Waals surface area contributed by atoms with E-state index in [2.05, 4.69) is 6.92 Å². The van der Waals surface area contributed by atoms with Crippen molar-refractivity contribution in [2.24, 2.45) is 28.6 Å². The molecule has 0 spiro atoms. The molecule has 10 heteroatoms. The number of piperazine rings is 1. The van der Waals surface area contributed by atoms with Gasteiger partial charge in [0.1, 0.15) is 17.7 Å². The van der Waals surface area contributed by atoms with Crippen LogP contribution >= 0.6 is 0 Å². The number of aliphatic carboxylic acids is 1. The largest absolute Gasteiger partial charge is 0.480 e. The molecule has 5 aliphatic rings. The third kappa shape index (κ3) is 4.35.